The molecule has 0 atom stereocenters. The van der Waals surface area contributed by atoms with Crippen LogP contribution in [0.15, 0.2) is 41.5 Å². The molecule has 154 valence electrons. The number of hydrogen-bond acceptors (Lipinski definition) is 5. The van der Waals surface area contributed by atoms with E-state index < -0.39 is 11.8 Å². The summed E-state index contributed by atoms with van der Waals surface area (Å²) in [6, 6.07) is 10.2. The zero-order chi connectivity index (χ0) is 21.4. The van der Waals surface area contributed by atoms with Crippen molar-refractivity contribution in [3.05, 3.63) is 57.6 Å². The highest BCUT2D eigenvalue weighted by Gasteiger charge is 2.15. The van der Waals surface area contributed by atoms with Gasteiger partial charge in [-0.15, -0.1) is 0 Å². The summed E-state index contributed by atoms with van der Waals surface area (Å²) in [6.45, 7) is 3.60. The van der Waals surface area contributed by atoms with Crippen LogP contribution in [0.4, 0.5) is 0 Å². The van der Waals surface area contributed by atoms with Gasteiger partial charge in [0, 0.05) is 27.2 Å². The van der Waals surface area contributed by atoms with E-state index in [0.29, 0.717) is 32.7 Å². The lowest BCUT2D eigenvalue weighted by atomic mass is 10.2. The molecular formula is C20H21Cl2N3O4. The zero-order valence-corrected chi connectivity index (χ0v) is 17.7. The fraction of sp³-hybridized carbons (Fsp3) is 0.250. The molecule has 0 radical (unpaired) electrons. The second-order valence-corrected chi connectivity index (χ2v) is 7.01. The van der Waals surface area contributed by atoms with Gasteiger partial charge in [0.15, 0.2) is 11.5 Å². The van der Waals surface area contributed by atoms with Crippen LogP contribution >= 0.6 is 23.2 Å². The minimum atomic E-state index is -0.872. The van der Waals surface area contributed by atoms with Crippen LogP contribution in [0.25, 0.3) is 0 Å². The summed E-state index contributed by atoms with van der Waals surface area (Å²) in [5, 5.41) is 7.25. The molecule has 0 aromatic heterocycles. The molecule has 29 heavy (non-hydrogen) atoms. The van der Waals surface area contributed by atoms with Crippen molar-refractivity contribution in [2.75, 3.05) is 7.11 Å². The van der Waals surface area contributed by atoms with Crippen molar-refractivity contribution in [2.45, 2.75) is 26.5 Å². The number of hydrazone groups is 1. The third kappa shape index (κ3) is 6.37. The highest BCUT2D eigenvalue weighted by molar-refractivity contribution is 6.36. The topological polar surface area (TPSA) is 89.0 Å². The molecule has 0 unspecified atom stereocenters. The van der Waals surface area contributed by atoms with Gasteiger partial charge in [0.05, 0.1) is 13.3 Å². The van der Waals surface area contributed by atoms with E-state index >= 15 is 0 Å². The molecule has 2 N–H and O–H groups in total. The van der Waals surface area contributed by atoms with Crippen LogP contribution < -0.4 is 20.2 Å². The van der Waals surface area contributed by atoms with Crippen molar-refractivity contribution in [2.24, 2.45) is 5.10 Å². The molecule has 0 bridgehead atoms. The largest absolute Gasteiger partial charge is 0.493 e. The van der Waals surface area contributed by atoms with Crippen LogP contribution in [-0.4, -0.2) is 31.2 Å². The Kier molecular flexibility index (Phi) is 8.30. The number of methoxy groups -OCH3 is 1. The molecular weight excluding hydrogens is 417 g/mol. The molecule has 0 spiro atoms. The van der Waals surface area contributed by atoms with Crippen molar-refractivity contribution in [1.29, 1.82) is 0 Å². The fourth-order valence-corrected chi connectivity index (χ4v) is 2.81. The molecule has 7 nitrogen and oxygen atoms in total. The van der Waals surface area contributed by atoms with Gasteiger partial charge in [-0.1, -0.05) is 35.3 Å². The highest BCUT2D eigenvalue weighted by Crippen LogP contribution is 2.32. The predicted octanol–water partition coefficient (Wildman–Crippen LogP) is 3.56. The Bertz CT molecular complexity index is 896. The number of rotatable bonds is 7. The lowest BCUT2D eigenvalue weighted by molar-refractivity contribution is -0.139. The Hall–Kier alpha value is -2.77. The molecule has 0 aliphatic heterocycles. The number of benzene rings is 2. The SMILES string of the molecule is COc1cccc(/C=N\NC(=O)C(=O)NC(C)C)c1OCc1c(Cl)cccc1Cl. The van der Waals surface area contributed by atoms with Gasteiger partial charge in [0.1, 0.15) is 6.61 Å². The first-order valence-corrected chi connectivity index (χ1v) is 9.45. The summed E-state index contributed by atoms with van der Waals surface area (Å²) in [5.41, 5.74) is 3.33. The van der Waals surface area contributed by atoms with E-state index in [1.165, 1.54) is 13.3 Å². The Labute approximate surface area is 179 Å². The third-order valence-electron chi connectivity index (χ3n) is 3.65. The smallest absolute Gasteiger partial charge is 0.329 e. The van der Waals surface area contributed by atoms with E-state index in [1.54, 1.807) is 50.2 Å². The van der Waals surface area contributed by atoms with Crippen molar-refractivity contribution in [3.8, 4) is 11.5 Å². The van der Waals surface area contributed by atoms with Crippen molar-refractivity contribution in [1.82, 2.24) is 10.7 Å². The lowest BCUT2D eigenvalue weighted by Crippen LogP contribution is -2.41. The summed E-state index contributed by atoms with van der Waals surface area (Å²) in [4.78, 5) is 23.4. The van der Waals surface area contributed by atoms with Gasteiger partial charge in [0.2, 0.25) is 0 Å². The molecule has 2 rings (SSSR count). The van der Waals surface area contributed by atoms with Crippen LogP contribution in [0.3, 0.4) is 0 Å². The van der Waals surface area contributed by atoms with E-state index in [-0.39, 0.29) is 12.6 Å². The van der Waals surface area contributed by atoms with Crippen LogP contribution in [-0.2, 0) is 16.2 Å². The molecule has 0 saturated carbocycles. The molecule has 2 amide bonds. The summed E-state index contributed by atoms with van der Waals surface area (Å²) in [6.07, 6.45) is 1.35. The van der Waals surface area contributed by atoms with Crippen LogP contribution in [0.2, 0.25) is 10.0 Å². The number of nitrogens with zero attached hydrogens (tertiary/aromatic N) is 1. The molecule has 0 saturated heterocycles. The zero-order valence-electron chi connectivity index (χ0n) is 16.2. The first kappa shape index (κ1) is 22.5. The summed E-state index contributed by atoms with van der Waals surface area (Å²) < 4.78 is 11.2. The maximum absolute atomic E-state index is 11.7. The summed E-state index contributed by atoms with van der Waals surface area (Å²) in [5.74, 6) is -0.799. The maximum atomic E-state index is 11.7. The number of hydrogen-bond donors (Lipinski definition) is 2. The Morgan fingerprint density at radius 3 is 2.38 bits per heavy atom. The minimum absolute atomic E-state index is 0.100. The average Bonchev–Trinajstić information content (AvgIpc) is 2.67. The van der Waals surface area contributed by atoms with Gasteiger partial charge in [0.25, 0.3) is 0 Å². The number of carbonyl (C=O) groups is 2. The van der Waals surface area contributed by atoms with Crippen LogP contribution in [0.5, 0.6) is 11.5 Å². The molecule has 0 aliphatic rings. The van der Waals surface area contributed by atoms with Crippen LogP contribution in [0.1, 0.15) is 25.0 Å². The predicted molar refractivity (Wildman–Crippen MR) is 113 cm³/mol. The Morgan fingerprint density at radius 2 is 1.76 bits per heavy atom. The fourth-order valence-electron chi connectivity index (χ4n) is 2.30. The van der Waals surface area contributed by atoms with Crippen LogP contribution in [0, 0.1) is 0 Å². The molecule has 0 heterocycles. The molecule has 9 heteroatoms. The standard InChI is InChI=1S/C20H21Cl2N3O4/c1-12(2)24-19(26)20(27)25-23-10-13-6-4-9-17(28-3)18(13)29-11-14-15(21)7-5-8-16(14)22/h4-10,12H,11H2,1-3H3,(H,24,26)(H,25,27)/b23-10-. The Balaban J connectivity index is 2.17. The normalized spacial score (nSPS) is 10.8. The molecule has 2 aromatic carbocycles. The second-order valence-electron chi connectivity index (χ2n) is 6.19. The molecule has 2 aromatic rings. The first-order valence-electron chi connectivity index (χ1n) is 8.70. The monoisotopic (exact) mass is 437 g/mol. The van der Waals surface area contributed by atoms with Gasteiger partial charge < -0.3 is 14.8 Å². The summed E-state index contributed by atoms with van der Waals surface area (Å²) in [7, 11) is 1.50. The van der Waals surface area contributed by atoms with E-state index in [0.717, 1.165) is 0 Å². The number of amides is 2. The molecule has 0 fully saturated rings. The third-order valence-corrected chi connectivity index (χ3v) is 4.36. The van der Waals surface area contributed by atoms with Gasteiger partial charge in [-0.05, 0) is 38.1 Å². The first-order chi connectivity index (χ1) is 13.8. The van der Waals surface area contributed by atoms with Gasteiger partial charge in [-0.2, -0.15) is 5.10 Å². The van der Waals surface area contributed by atoms with Gasteiger partial charge in [-0.25, -0.2) is 5.43 Å². The van der Waals surface area contributed by atoms with Crippen molar-refractivity contribution < 1.29 is 19.1 Å². The lowest BCUT2D eigenvalue weighted by Gasteiger charge is -2.14. The number of para-hydroxylation sites is 1. The Morgan fingerprint density at radius 1 is 1.10 bits per heavy atom. The van der Waals surface area contributed by atoms with E-state index in [9.17, 15) is 9.59 Å². The van der Waals surface area contributed by atoms with Gasteiger partial charge in [-0.3, -0.25) is 9.59 Å². The number of ether oxygens (including phenoxy) is 2. The van der Waals surface area contributed by atoms with E-state index in [1.807, 2.05) is 0 Å². The van der Waals surface area contributed by atoms with E-state index in [4.69, 9.17) is 32.7 Å². The number of carbonyl (C=O) groups excluding carboxylic acids is 2. The molecule has 0 aliphatic carbocycles. The van der Waals surface area contributed by atoms with Gasteiger partial charge >= 0.3 is 11.8 Å². The van der Waals surface area contributed by atoms with E-state index in [2.05, 4.69) is 15.8 Å². The van der Waals surface area contributed by atoms with Crippen molar-refractivity contribution >= 4 is 41.2 Å². The number of halogens is 2. The number of nitrogens with one attached hydrogen (secondary N) is 2. The average molecular weight is 438 g/mol. The second kappa shape index (κ2) is 10.7. The maximum Gasteiger partial charge on any atom is 0.329 e. The minimum Gasteiger partial charge on any atom is -0.493 e. The summed E-state index contributed by atoms with van der Waals surface area (Å²) >= 11 is 12.4. The highest BCUT2D eigenvalue weighted by atomic mass is 35.5. The van der Waals surface area contributed by atoms with Crippen molar-refractivity contribution in [3.63, 3.8) is 0 Å². The quantitative estimate of drug-likeness (QED) is 0.393.